The van der Waals surface area contributed by atoms with E-state index in [9.17, 15) is 9.18 Å². The minimum absolute atomic E-state index is 0.0899. The van der Waals surface area contributed by atoms with Crippen molar-refractivity contribution >= 4 is 17.2 Å². The number of hydrogen-bond acceptors (Lipinski definition) is 5. The molecule has 0 amide bonds. The third-order valence-corrected chi connectivity index (χ3v) is 5.86. The van der Waals surface area contributed by atoms with E-state index in [1.165, 1.54) is 18.3 Å². The van der Waals surface area contributed by atoms with E-state index in [0.717, 1.165) is 23.3 Å². The molecule has 1 saturated carbocycles. The second-order valence-electron chi connectivity index (χ2n) is 7.43. The van der Waals surface area contributed by atoms with Gasteiger partial charge in [0.25, 0.3) is 0 Å². The number of ether oxygens (including phenoxy) is 2. The van der Waals surface area contributed by atoms with Gasteiger partial charge < -0.3 is 15.2 Å². The topological polar surface area (TPSA) is 73.9 Å². The number of Topliss-reactive ketones (excluding diaryl/α,β-unsaturated/α-hetero) is 1. The number of nitrogens with two attached hydrogens (primary N) is 1. The summed E-state index contributed by atoms with van der Waals surface area (Å²) in [5, 5.41) is 0. The summed E-state index contributed by atoms with van der Waals surface area (Å²) in [6.45, 7) is 2.74. The number of rotatable bonds is 2. The zero-order valence-electron chi connectivity index (χ0n) is 15.3. The molecule has 1 spiro atoms. The number of nitrogens with zero attached hydrogens (tertiary/aromatic N) is 1. The Balaban J connectivity index is 1.76. The maximum absolute atomic E-state index is 13.2. The van der Waals surface area contributed by atoms with Gasteiger partial charge in [-0.05, 0) is 61.9 Å². The molecule has 2 fully saturated rings. The highest BCUT2D eigenvalue weighted by molar-refractivity contribution is 6.12. The highest BCUT2D eigenvalue weighted by Gasteiger charge is 2.54. The van der Waals surface area contributed by atoms with Crippen molar-refractivity contribution in [3.8, 4) is 0 Å². The third kappa shape index (κ3) is 3.13. The van der Waals surface area contributed by atoms with Crippen molar-refractivity contribution in [1.29, 1.82) is 0 Å². The van der Waals surface area contributed by atoms with Crippen molar-refractivity contribution in [2.45, 2.75) is 38.4 Å². The fourth-order valence-electron chi connectivity index (χ4n) is 4.41. The van der Waals surface area contributed by atoms with Crippen LogP contribution in [0.25, 0.3) is 0 Å². The second kappa shape index (κ2) is 6.69. The number of carbonyl (C=O) groups is 1. The standard InChI is InChI=1S/C21H23FN2O3/c1-14(25)20-11-15(12-23)19(24-18-4-2-17(22)3-5-18)10-16(20)6-7-21(13-20)26-8-9-27-21/h2-5,10,12H,6-9,11,13,23H2,1H3/t20-/m1/s1. The molecule has 2 aliphatic carbocycles. The monoisotopic (exact) mass is 370 g/mol. The zero-order chi connectivity index (χ0) is 19.1. The average molecular weight is 370 g/mol. The molecule has 0 unspecified atom stereocenters. The first kappa shape index (κ1) is 18.1. The molecule has 0 aromatic heterocycles. The highest BCUT2D eigenvalue weighted by atomic mass is 19.1. The number of carbonyl (C=O) groups excluding carboxylic acids is 1. The van der Waals surface area contributed by atoms with E-state index in [4.69, 9.17) is 15.2 Å². The van der Waals surface area contributed by atoms with E-state index in [1.807, 2.05) is 6.08 Å². The van der Waals surface area contributed by atoms with Crippen LogP contribution < -0.4 is 5.73 Å². The van der Waals surface area contributed by atoms with Crippen molar-refractivity contribution in [3.05, 3.63) is 53.5 Å². The number of fused-ring (bicyclic) bond motifs is 1. The van der Waals surface area contributed by atoms with Crippen LogP contribution in [-0.2, 0) is 14.3 Å². The summed E-state index contributed by atoms with van der Waals surface area (Å²) in [5.41, 5.74) is 8.44. The Morgan fingerprint density at radius 2 is 1.96 bits per heavy atom. The van der Waals surface area contributed by atoms with Crippen LogP contribution in [0.1, 0.15) is 32.6 Å². The number of allylic oxidation sites excluding steroid dienone is 3. The van der Waals surface area contributed by atoms with Crippen molar-refractivity contribution in [1.82, 2.24) is 0 Å². The maximum atomic E-state index is 13.2. The normalized spacial score (nSPS) is 29.8. The molecule has 1 saturated heterocycles. The van der Waals surface area contributed by atoms with E-state index < -0.39 is 11.2 Å². The first-order chi connectivity index (χ1) is 13.0. The fourth-order valence-corrected chi connectivity index (χ4v) is 4.41. The van der Waals surface area contributed by atoms with Crippen molar-refractivity contribution in [2.24, 2.45) is 16.1 Å². The molecule has 6 heteroatoms. The Bertz CT molecular complexity index is 851. The summed E-state index contributed by atoms with van der Waals surface area (Å²) in [5.74, 6) is -0.888. The predicted octanol–water partition coefficient (Wildman–Crippen LogP) is 3.57. The van der Waals surface area contributed by atoms with Gasteiger partial charge in [-0.3, -0.25) is 4.79 Å². The molecule has 27 heavy (non-hydrogen) atoms. The smallest absolute Gasteiger partial charge is 0.170 e. The number of ketones is 1. The molecule has 4 rings (SSSR count). The van der Waals surface area contributed by atoms with Crippen LogP contribution >= 0.6 is 0 Å². The minimum Gasteiger partial charge on any atom is -0.404 e. The lowest BCUT2D eigenvalue weighted by Gasteiger charge is -2.47. The van der Waals surface area contributed by atoms with Crippen LogP contribution in [-0.4, -0.2) is 30.5 Å². The Labute approximate surface area is 157 Å². The van der Waals surface area contributed by atoms with Crippen molar-refractivity contribution < 1.29 is 18.7 Å². The molecule has 2 N–H and O–H groups in total. The van der Waals surface area contributed by atoms with E-state index >= 15 is 0 Å². The SMILES string of the molecule is CC(=O)[C@]12CC(=CN)C(=Nc3ccc(F)cc3)C=C1CCC1(C2)OCCO1. The largest absolute Gasteiger partial charge is 0.404 e. The summed E-state index contributed by atoms with van der Waals surface area (Å²) in [6.07, 6.45) is 5.88. The first-order valence-electron chi connectivity index (χ1n) is 9.22. The van der Waals surface area contributed by atoms with Crippen LogP contribution in [0.2, 0.25) is 0 Å². The minimum atomic E-state index is -0.672. The van der Waals surface area contributed by atoms with Gasteiger partial charge in [0.05, 0.1) is 30.0 Å². The Kier molecular flexibility index (Phi) is 4.48. The zero-order valence-corrected chi connectivity index (χ0v) is 15.3. The number of hydrogen-bond donors (Lipinski definition) is 1. The Hall–Kier alpha value is -2.31. The summed E-state index contributed by atoms with van der Waals surface area (Å²) < 4.78 is 24.9. The molecule has 1 aromatic rings. The van der Waals surface area contributed by atoms with Gasteiger partial charge in [0.2, 0.25) is 0 Å². The highest BCUT2D eigenvalue weighted by Crippen LogP contribution is 2.54. The van der Waals surface area contributed by atoms with Gasteiger partial charge in [-0.25, -0.2) is 9.38 Å². The van der Waals surface area contributed by atoms with Gasteiger partial charge >= 0.3 is 0 Å². The Morgan fingerprint density at radius 3 is 2.59 bits per heavy atom. The van der Waals surface area contributed by atoms with E-state index in [-0.39, 0.29) is 11.6 Å². The summed E-state index contributed by atoms with van der Waals surface area (Å²) >= 11 is 0. The Morgan fingerprint density at radius 1 is 1.26 bits per heavy atom. The number of aliphatic imine (C=N–C) groups is 1. The molecular formula is C21H23FN2O3. The van der Waals surface area contributed by atoms with Gasteiger partial charge in [0.1, 0.15) is 11.6 Å². The molecule has 1 aliphatic heterocycles. The molecule has 142 valence electrons. The summed E-state index contributed by atoms with van der Waals surface area (Å²) in [4.78, 5) is 17.4. The molecule has 1 atom stereocenters. The number of benzene rings is 1. The summed E-state index contributed by atoms with van der Waals surface area (Å²) in [6, 6.07) is 6.00. The quantitative estimate of drug-likeness (QED) is 0.864. The van der Waals surface area contributed by atoms with Gasteiger partial charge in [-0.15, -0.1) is 0 Å². The van der Waals surface area contributed by atoms with Crippen LogP contribution in [0.3, 0.4) is 0 Å². The van der Waals surface area contributed by atoms with Crippen LogP contribution in [0.15, 0.2) is 52.7 Å². The van der Waals surface area contributed by atoms with Gasteiger partial charge in [0.15, 0.2) is 5.79 Å². The lowest BCUT2D eigenvalue weighted by molar-refractivity contribution is -0.193. The molecule has 3 aliphatic rings. The number of halogens is 1. The fraction of sp³-hybridized carbons (Fsp3) is 0.429. The van der Waals surface area contributed by atoms with Gasteiger partial charge in [0, 0.05) is 12.8 Å². The molecule has 0 bridgehead atoms. The molecule has 1 aromatic carbocycles. The lowest BCUT2D eigenvalue weighted by Crippen LogP contribution is -2.49. The molecule has 5 nitrogen and oxygen atoms in total. The van der Waals surface area contributed by atoms with Gasteiger partial charge in [-0.1, -0.05) is 5.57 Å². The average Bonchev–Trinajstić information content (AvgIpc) is 3.11. The van der Waals surface area contributed by atoms with Crippen molar-refractivity contribution in [2.75, 3.05) is 13.2 Å². The second-order valence-corrected chi connectivity index (χ2v) is 7.43. The van der Waals surface area contributed by atoms with Gasteiger partial charge in [-0.2, -0.15) is 0 Å². The van der Waals surface area contributed by atoms with Crippen LogP contribution in [0.4, 0.5) is 10.1 Å². The molecule has 1 heterocycles. The summed E-state index contributed by atoms with van der Waals surface area (Å²) in [7, 11) is 0. The maximum Gasteiger partial charge on any atom is 0.170 e. The van der Waals surface area contributed by atoms with E-state index in [2.05, 4.69) is 4.99 Å². The van der Waals surface area contributed by atoms with Crippen LogP contribution in [0.5, 0.6) is 0 Å². The molecule has 0 radical (unpaired) electrons. The molecular weight excluding hydrogens is 347 g/mol. The van der Waals surface area contributed by atoms with Crippen molar-refractivity contribution in [3.63, 3.8) is 0 Å². The van der Waals surface area contributed by atoms with E-state index in [0.29, 0.717) is 38.2 Å². The lowest BCUT2D eigenvalue weighted by atomic mass is 9.60. The van der Waals surface area contributed by atoms with Crippen LogP contribution in [0, 0.1) is 11.2 Å². The first-order valence-corrected chi connectivity index (χ1v) is 9.22. The third-order valence-electron chi connectivity index (χ3n) is 5.86. The van der Waals surface area contributed by atoms with E-state index in [1.54, 1.807) is 19.1 Å². The predicted molar refractivity (Wildman–Crippen MR) is 100 cm³/mol.